The highest BCUT2D eigenvalue weighted by molar-refractivity contribution is 6.06. The van der Waals surface area contributed by atoms with Crippen molar-refractivity contribution in [3.8, 4) is 16.9 Å². The molecule has 3 heterocycles. The smallest absolute Gasteiger partial charge is 0.261 e. The van der Waals surface area contributed by atoms with Crippen LogP contribution in [0.15, 0.2) is 54.6 Å². The molecular weight excluding hydrogens is 559 g/mol. The number of carbonyl (C=O) groups is 1. The van der Waals surface area contributed by atoms with Crippen molar-refractivity contribution in [3.05, 3.63) is 77.6 Å². The number of aromatic nitrogens is 3. The molecule has 0 saturated carbocycles. The van der Waals surface area contributed by atoms with Crippen LogP contribution in [0.4, 0.5) is 24.7 Å². The van der Waals surface area contributed by atoms with E-state index in [1.807, 2.05) is 6.20 Å². The number of nitrogen functional groups attached to an aromatic ring is 1. The molecular formula is C31H32F3N7O2. The van der Waals surface area contributed by atoms with Crippen LogP contribution in [0, 0.1) is 17.5 Å². The number of fused-ring (bicyclic) bond motifs is 1. The van der Waals surface area contributed by atoms with Gasteiger partial charge < -0.3 is 30.2 Å². The van der Waals surface area contributed by atoms with Gasteiger partial charge in [-0.1, -0.05) is 12.1 Å². The maximum Gasteiger partial charge on any atom is 0.261 e. The summed E-state index contributed by atoms with van der Waals surface area (Å²) in [5, 5.41) is 3.16. The Morgan fingerprint density at radius 1 is 1.07 bits per heavy atom. The van der Waals surface area contributed by atoms with Crippen molar-refractivity contribution < 1.29 is 22.7 Å². The molecule has 1 saturated heterocycles. The molecule has 0 bridgehead atoms. The number of anilines is 2. The fourth-order valence-electron chi connectivity index (χ4n) is 5.95. The lowest BCUT2D eigenvalue weighted by Crippen LogP contribution is -2.44. The third-order valence-corrected chi connectivity index (χ3v) is 8.30. The van der Waals surface area contributed by atoms with Gasteiger partial charge in [-0.2, -0.15) is 0 Å². The summed E-state index contributed by atoms with van der Waals surface area (Å²) in [4.78, 5) is 26.4. The van der Waals surface area contributed by atoms with E-state index in [-0.39, 0.29) is 17.5 Å². The zero-order valence-electron chi connectivity index (χ0n) is 23.9. The van der Waals surface area contributed by atoms with E-state index >= 15 is 0 Å². The molecule has 12 heteroatoms. The number of likely N-dealkylation sites (N-methyl/N-ethyl adjacent to an activating group) is 1. The van der Waals surface area contributed by atoms with Crippen LogP contribution in [0.1, 0.15) is 35.7 Å². The number of ether oxygens (including phenoxy) is 1. The van der Waals surface area contributed by atoms with Crippen LogP contribution in [-0.2, 0) is 0 Å². The van der Waals surface area contributed by atoms with Crippen LogP contribution in [0.25, 0.3) is 22.2 Å². The van der Waals surface area contributed by atoms with Crippen LogP contribution >= 0.6 is 0 Å². The Labute approximate surface area is 246 Å². The Morgan fingerprint density at radius 2 is 1.81 bits per heavy atom. The Hall–Kier alpha value is -4.58. The second-order valence-electron chi connectivity index (χ2n) is 10.9. The van der Waals surface area contributed by atoms with E-state index in [2.05, 4.69) is 42.8 Å². The molecule has 4 aromatic rings. The number of rotatable bonds is 6. The number of carbonyl (C=O) groups excluding carboxylic acids is 1. The number of amides is 1. The number of hydrogen-bond donors (Lipinski definition) is 2. The third kappa shape index (κ3) is 5.50. The molecule has 2 aromatic heterocycles. The average molecular weight is 592 g/mol. The summed E-state index contributed by atoms with van der Waals surface area (Å²) in [5.74, 6) is -4.21. The molecule has 3 N–H and O–H groups in total. The number of nitrogens with two attached hydrogens (primary N) is 1. The van der Waals surface area contributed by atoms with Gasteiger partial charge in [0.2, 0.25) is 0 Å². The number of piperazine rings is 1. The fraction of sp³-hybridized carbons (Fsp3) is 0.323. The standard InChI is InChI=1S/C31H32F3N7O2/c1-39-9-11-40(12-10-39)20-4-6-21(7-5-20)41-16-22(27-29(35)36-17-37-30(27)41)18-3-8-25(26(13-18)43-2)38-31(42)28-23(33)14-19(32)15-24(28)34/h3-4,8,13-17,21H,5-7,9-12H2,1-2H3,(H,38,42)(H2,35,36,37)/t21-/m0/s1. The van der Waals surface area contributed by atoms with Gasteiger partial charge in [-0.3, -0.25) is 4.79 Å². The topological polar surface area (TPSA) is 102 Å². The van der Waals surface area contributed by atoms with Crippen LogP contribution in [0.3, 0.4) is 0 Å². The third-order valence-electron chi connectivity index (χ3n) is 8.30. The maximum absolute atomic E-state index is 14.2. The zero-order chi connectivity index (χ0) is 30.2. The van der Waals surface area contributed by atoms with Gasteiger partial charge in [-0.25, -0.2) is 23.1 Å². The normalized spacial score (nSPS) is 17.7. The van der Waals surface area contributed by atoms with Crippen LogP contribution < -0.4 is 15.8 Å². The lowest BCUT2D eigenvalue weighted by Gasteiger charge is -2.37. The van der Waals surface area contributed by atoms with Gasteiger partial charge in [0.1, 0.15) is 46.6 Å². The van der Waals surface area contributed by atoms with E-state index in [0.29, 0.717) is 23.3 Å². The number of methoxy groups -OCH3 is 1. The predicted molar refractivity (Wildman–Crippen MR) is 158 cm³/mol. The number of benzene rings is 2. The second kappa shape index (κ2) is 11.6. The molecule has 1 amide bonds. The highest BCUT2D eigenvalue weighted by Gasteiger charge is 2.26. The van der Waals surface area contributed by atoms with E-state index in [1.165, 1.54) is 19.1 Å². The van der Waals surface area contributed by atoms with Crippen molar-refractivity contribution >= 4 is 28.4 Å². The SMILES string of the molecule is COc1cc(-c2cn([C@H]3CC=C(N4CCN(C)CC4)CC3)c3ncnc(N)c23)ccc1NC(=O)c1c(F)cc(F)cc1F. The van der Waals surface area contributed by atoms with Gasteiger partial charge in [0.15, 0.2) is 0 Å². The first-order chi connectivity index (χ1) is 20.7. The van der Waals surface area contributed by atoms with Crippen LogP contribution in [0.5, 0.6) is 5.75 Å². The first-order valence-corrected chi connectivity index (χ1v) is 14.1. The van der Waals surface area contributed by atoms with Crippen LogP contribution in [0.2, 0.25) is 0 Å². The first-order valence-electron chi connectivity index (χ1n) is 14.1. The Bertz CT molecular complexity index is 1710. The van der Waals surface area contributed by atoms with Gasteiger partial charge in [0.25, 0.3) is 5.91 Å². The van der Waals surface area contributed by atoms with Crippen molar-refractivity contribution in [2.24, 2.45) is 0 Å². The minimum Gasteiger partial charge on any atom is -0.495 e. The first kappa shape index (κ1) is 28.5. The number of hydrogen-bond acceptors (Lipinski definition) is 7. The molecule has 0 spiro atoms. The highest BCUT2D eigenvalue weighted by atomic mass is 19.1. The molecule has 1 atom stereocenters. The summed E-state index contributed by atoms with van der Waals surface area (Å²) >= 11 is 0. The minimum absolute atomic E-state index is 0.182. The Morgan fingerprint density at radius 3 is 2.49 bits per heavy atom. The molecule has 1 fully saturated rings. The molecule has 6 rings (SSSR count). The largest absolute Gasteiger partial charge is 0.495 e. The monoisotopic (exact) mass is 591 g/mol. The average Bonchev–Trinajstić information content (AvgIpc) is 3.38. The summed E-state index contributed by atoms with van der Waals surface area (Å²) in [6.45, 7) is 4.21. The number of halogens is 3. The second-order valence-corrected chi connectivity index (χ2v) is 10.9. The lowest BCUT2D eigenvalue weighted by atomic mass is 9.97. The van der Waals surface area contributed by atoms with Crippen LogP contribution in [-0.4, -0.2) is 70.6 Å². The predicted octanol–water partition coefficient (Wildman–Crippen LogP) is 5.22. The molecule has 2 aromatic carbocycles. The van der Waals surface area contributed by atoms with E-state index in [1.54, 1.807) is 18.2 Å². The Balaban J connectivity index is 1.30. The molecule has 2 aliphatic rings. The maximum atomic E-state index is 14.2. The van der Waals surface area contributed by atoms with Gasteiger partial charge >= 0.3 is 0 Å². The molecule has 0 unspecified atom stereocenters. The molecule has 1 aliphatic carbocycles. The van der Waals surface area contributed by atoms with E-state index in [0.717, 1.165) is 62.2 Å². The minimum atomic E-state index is -1.30. The highest BCUT2D eigenvalue weighted by Crippen LogP contribution is 2.40. The summed E-state index contributed by atoms with van der Waals surface area (Å²) in [6, 6.07) is 6.10. The number of allylic oxidation sites excluding steroid dienone is 2. The van der Waals surface area contributed by atoms with Crippen molar-refractivity contribution in [2.75, 3.05) is 51.4 Å². The van der Waals surface area contributed by atoms with Gasteiger partial charge in [-0.05, 0) is 44.0 Å². The summed E-state index contributed by atoms with van der Waals surface area (Å²) in [5.41, 5.74) is 9.29. The quantitative estimate of drug-likeness (QED) is 0.317. The summed E-state index contributed by atoms with van der Waals surface area (Å²) in [7, 11) is 3.57. The van der Waals surface area contributed by atoms with E-state index in [4.69, 9.17) is 10.5 Å². The zero-order valence-corrected chi connectivity index (χ0v) is 23.9. The van der Waals surface area contributed by atoms with Crippen molar-refractivity contribution in [1.29, 1.82) is 0 Å². The van der Waals surface area contributed by atoms with Gasteiger partial charge in [0, 0.05) is 61.8 Å². The van der Waals surface area contributed by atoms with Crippen molar-refractivity contribution in [2.45, 2.75) is 25.3 Å². The summed E-state index contributed by atoms with van der Waals surface area (Å²) in [6.07, 6.45) is 8.60. The molecule has 43 heavy (non-hydrogen) atoms. The van der Waals surface area contributed by atoms with Gasteiger partial charge in [0.05, 0.1) is 18.2 Å². The molecule has 9 nitrogen and oxygen atoms in total. The number of nitrogens with one attached hydrogen (secondary N) is 1. The summed E-state index contributed by atoms with van der Waals surface area (Å²) < 4.78 is 49.4. The number of nitrogens with zero attached hydrogens (tertiary/aromatic N) is 5. The van der Waals surface area contributed by atoms with E-state index in [9.17, 15) is 18.0 Å². The molecule has 224 valence electrons. The fourth-order valence-corrected chi connectivity index (χ4v) is 5.95. The van der Waals surface area contributed by atoms with Crippen molar-refractivity contribution in [1.82, 2.24) is 24.3 Å². The lowest BCUT2D eigenvalue weighted by molar-refractivity contribution is 0.101. The van der Waals surface area contributed by atoms with Gasteiger partial charge in [-0.15, -0.1) is 0 Å². The molecule has 0 radical (unpaired) electrons. The van der Waals surface area contributed by atoms with Crippen molar-refractivity contribution in [3.63, 3.8) is 0 Å². The molecule has 1 aliphatic heterocycles. The van der Waals surface area contributed by atoms with E-state index < -0.39 is 28.9 Å². The Kier molecular flexibility index (Phi) is 7.70.